The lowest BCUT2D eigenvalue weighted by atomic mass is 10.0. The van der Waals surface area contributed by atoms with Crippen molar-refractivity contribution in [3.63, 3.8) is 0 Å². The van der Waals surface area contributed by atoms with Crippen molar-refractivity contribution in [3.05, 3.63) is 42.1 Å². The molecule has 0 fully saturated rings. The highest BCUT2D eigenvalue weighted by molar-refractivity contribution is 6.01. The minimum absolute atomic E-state index is 0.623. The molecule has 0 N–H and O–H groups in total. The molecule has 0 bridgehead atoms. The molecule has 28 heavy (non-hydrogen) atoms. The molecule has 0 aliphatic rings. The van der Waals surface area contributed by atoms with Gasteiger partial charge in [-0.3, -0.25) is 0 Å². The molecule has 1 aromatic heterocycles. The van der Waals surface area contributed by atoms with Crippen LogP contribution in [0.2, 0.25) is 0 Å². The molecule has 0 aliphatic heterocycles. The molecular formula is C22H25N3O3. The highest BCUT2D eigenvalue weighted by Crippen LogP contribution is 2.41. The Morgan fingerprint density at radius 3 is 2.14 bits per heavy atom. The van der Waals surface area contributed by atoms with Crippen LogP contribution in [0.3, 0.4) is 0 Å². The van der Waals surface area contributed by atoms with Crippen LogP contribution in [0.1, 0.15) is 5.69 Å². The lowest BCUT2D eigenvalue weighted by molar-refractivity contribution is 0.355. The first-order valence-electron chi connectivity index (χ1n) is 9.01. The molecule has 0 radical (unpaired) electrons. The molecule has 0 spiro atoms. The zero-order chi connectivity index (χ0) is 20.3. The summed E-state index contributed by atoms with van der Waals surface area (Å²) in [6.07, 6.45) is 0. The van der Waals surface area contributed by atoms with Crippen molar-refractivity contribution in [2.45, 2.75) is 6.54 Å². The van der Waals surface area contributed by atoms with Crippen molar-refractivity contribution in [1.82, 2.24) is 9.47 Å². The van der Waals surface area contributed by atoms with E-state index in [2.05, 4.69) is 15.5 Å². The summed E-state index contributed by atoms with van der Waals surface area (Å²) in [5.41, 5.74) is 3.41. The van der Waals surface area contributed by atoms with Crippen molar-refractivity contribution in [2.75, 3.05) is 42.0 Å². The molecule has 0 saturated carbocycles. The Hall–Kier alpha value is -3.17. The number of fused-ring (bicyclic) bond motifs is 1. The Kier molecular flexibility index (Phi) is 5.76. The third kappa shape index (κ3) is 3.49. The molecule has 6 nitrogen and oxygen atoms in total. The SMILES string of the molecule is COc1ccc(-c2c(C#N)n(CCN(C)C)c3cc(OC)c(OC)cc23)cc1. The molecular weight excluding hydrogens is 354 g/mol. The molecule has 0 atom stereocenters. The smallest absolute Gasteiger partial charge is 0.162 e. The second-order valence-corrected chi connectivity index (χ2v) is 6.74. The summed E-state index contributed by atoms with van der Waals surface area (Å²) in [6.45, 7) is 1.51. The number of nitriles is 1. The average Bonchev–Trinajstić information content (AvgIpc) is 3.03. The minimum atomic E-state index is 0.623. The summed E-state index contributed by atoms with van der Waals surface area (Å²) in [7, 11) is 8.91. The third-order valence-corrected chi connectivity index (χ3v) is 4.82. The molecule has 146 valence electrons. The van der Waals surface area contributed by atoms with Crippen molar-refractivity contribution in [1.29, 1.82) is 5.26 Å². The maximum Gasteiger partial charge on any atom is 0.162 e. The fourth-order valence-corrected chi connectivity index (χ4v) is 3.37. The largest absolute Gasteiger partial charge is 0.497 e. The van der Waals surface area contributed by atoms with E-state index in [0.717, 1.165) is 34.3 Å². The predicted molar refractivity (Wildman–Crippen MR) is 110 cm³/mol. The van der Waals surface area contributed by atoms with E-state index in [1.54, 1.807) is 21.3 Å². The van der Waals surface area contributed by atoms with Crippen LogP contribution in [0.15, 0.2) is 36.4 Å². The van der Waals surface area contributed by atoms with Gasteiger partial charge >= 0.3 is 0 Å². The van der Waals surface area contributed by atoms with E-state index in [-0.39, 0.29) is 0 Å². The monoisotopic (exact) mass is 379 g/mol. The maximum absolute atomic E-state index is 10.0. The van der Waals surface area contributed by atoms with E-state index in [9.17, 15) is 5.26 Å². The molecule has 3 rings (SSSR count). The van der Waals surface area contributed by atoms with Crippen LogP contribution in [0.5, 0.6) is 17.2 Å². The first kappa shape index (κ1) is 19.6. The Bertz CT molecular complexity index is 1010. The first-order valence-corrected chi connectivity index (χ1v) is 9.01. The van der Waals surface area contributed by atoms with Crippen molar-refractivity contribution in [2.24, 2.45) is 0 Å². The van der Waals surface area contributed by atoms with Crippen LogP contribution in [0, 0.1) is 11.3 Å². The fourth-order valence-electron chi connectivity index (χ4n) is 3.37. The van der Waals surface area contributed by atoms with Crippen LogP contribution in [-0.4, -0.2) is 51.4 Å². The van der Waals surface area contributed by atoms with E-state index < -0.39 is 0 Å². The van der Waals surface area contributed by atoms with Gasteiger partial charge < -0.3 is 23.7 Å². The summed E-state index contributed by atoms with van der Waals surface area (Å²) in [4.78, 5) is 2.10. The second kappa shape index (κ2) is 8.24. The number of rotatable bonds is 7. The van der Waals surface area contributed by atoms with Crippen LogP contribution >= 0.6 is 0 Å². The highest BCUT2D eigenvalue weighted by atomic mass is 16.5. The van der Waals surface area contributed by atoms with Crippen LogP contribution < -0.4 is 14.2 Å². The summed E-state index contributed by atoms with van der Waals surface area (Å²) in [6, 6.07) is 14.1. The van der Waals surface area contributed by atoms with Crippen molar-refractivity contribution in [3.8, 4) is 34.4 Å². The predicted octanol–water partition coefficient (Wildman–Crippen LogP) is 3.77. The lowest BCUT2D eigenvalue weighted by Crippen LogP contribution is -2.19. The molecule has 0 amide bonds. The van der Waals surface area contributed by atoms with Gasteiger partial charge in [0.15, 0.2) is 11.5 Å². The van der Waals surface area contributed by atoms with Gasteiger partial charge in [-0.1, -0.05) is 12.1 Å². The quantitative estimate of drug-likeness (QED) is 0.625. The van der Waals surface area contributed by atoms with Gasteiger partial charge in [0, 0.05) is 30.1 Å². The topological polar surface area (TPSA) is 59.7 Å². The lowest BCUT2D eigenvalue weighted by Gasteiger charge is -2.13. The number of hydrogen-bond acceptors (Lipinski definition) is 5. The standard InChI is InChI=1S/C22H25N3O3/c1-24(2)10-11-25-18-13-21(28-5)20(27-4)12-17(18)22(19(25)14-23)15-6-8-16(26-3)9-7-15/h6-9,12-13H,10-11H2,1-5H3. The van der Waals surface area contributed by atoms with E-state index in [1.165, 1.54) is 0 Å². The number of benzene rings is 2. The van der Waals surface area contributed by atoms with Gasteiger partial charge in [-0.15, -0.1) is 0 Å². The van der Waals surface area contributed by atoms with Gasteiger partial charge in [0.25, 0.3) is 0 Å². The Balaban J connectivity index is 2.32. The van der Waals surface area contributed by atoms with Crippen LogP contribution in [-0.2, 0) is 6.54 Å². The Morgan fingerprint density at radius 1 is 0.964 bits per heavy atom. The Morgan fingerprint density at radius 2 is 1.61 bits per heavy atom. The van der Waals surface area contributed by atoms with Gasteiger partial charge in [0.2, 0.25) is 0 Å². The van der Waals surface area contributed by atoms with Gasteiger partial charge in [0.1, 0.15) is 17.5 Å². The van der Waals surface area contributed by atoms with Gasteiger partial charge in [-0.05, 0) is 37.9 Å². The molecule has 0 saturated heterocycles. The Labute approximate surface area is 165 Å². The summed E-state index contributed by atoms with van der Waals surface area (Å²) in [5.74, 6) is 2.06. The van der Waals surface area contributed by atoms with Crippen molar-refractivity contribution < 1.29 is 14.2 Å². The molecule has 1 heterocycles. The van der Waals surface area contributed by atoms with E-state index in [1.807, 2.05) is 50.5 Å². The zero-order valence-corrected chi connectivity index (χ0v) is 16.9. The van der Waals surface area contributed by atoms with Gasteiger partial charge in [0.05, 0.1) is 26.8 Å². The first-order chi connectivity index (χ1) is 13.5. The summed E-state index contributed by atoms with van der Waals surface area (Å²) >= 11 is 0. The van der Waals surface area contributed by atoms with Crippen molar-refractivity contribution >= 4 is 10.9 Å². The van der Waals surface area contributed by atoms with Gasteiger partial charge in [-0.25, -0.2) is 0 Å². The highest BCUT2D eigenvalue weighted by Gasteiger charge is 2.21. The van der Waals surface area contributed by atoms with Gasteiger partial charge in [-0.2, -0.15) is 5.26 Å². The summed E-state index contributed by atoms with van der Waals surface area (Å²) < 4.78 is 18.3. The zero-order valence-electron chi connectivity index (χ0n) is 16.9. The van der Waals surface area contributed by atoms with E-state index in [0.29, 0.717) is 23.7 Å². The average molecular weight is 379 g/mol. The number of hydrogen-bond donors (Lipinski definition) is 0. The molecule has 6 heteroatoms. The third-order valence-electron chi connectivity index (χ3n) is 4.82. The minimum Gasteiger partial charge on any atom is -0.497 e. The molecule has 0 unspecified atom stereocenters. The number of nitrogens with zero attached hydrogens (tertiary/aromatic N) is 3. The van der Waals surface area contributed by atoms with Crippen LogP contribution in [0.25, 0.3) is 22.0 Å². The second-order valence-electron chi connectivity index (χ2n) is 6.74. The number of methoxy groups -OCH3 is 3. The number of likely N-dealkylation sites (N-methyl/N-ethyl adjacent to an activating group) is 1. The molecule has 2 aromatic carbocycles. The maximum atomic E-state index is 10.0. The fraction of sp³-hybridized carbons (Fsp3) is 0.318. The van der Waals surface area contributed by atoms with E-state index in [4.69, 9.17) is 14.2 Å². The number of aromatic nitrogens is 1. The summed E-state index contributed by atoms with van der Waals surface area (Å²) in [5, 5.41) is 11.0. The molecule has 0 aliphatic carbocycles. The van der Waals surface area contributed by atoms with E-state index >= 15 is 0 Å². The molecule has 3 aromatic rings. The normalized spacial score (nSPS) is 10.9. The van der Waals surface area contributed by atoms with Crippen LogP contribution in [0.4, 0.5) is 0 Å². The number of ether oxygens (including phenoxy) is 3.